The summed E-state index contributed by atoms with van der Waals surface area (Å²) in [7, 11) is 0. The molecule has 0 bridgehead atoms. The van der Waals surface area contributed by atoms with Crippen molar-refractivity contribution in [2.24, 2.45) is 11.8 Å². The number of benzene rings is 4. The van der Waals surface area contributed by atoms with Crippen molar-refractivity contribution in [3.05, 3.63) is 207 Å². The van der Waals surface area contributed by atoms with Crippen molar-refractivity contribution in [3.63, 3.8) is 0 Å². The Hall–Kier alpha value is -6.10. The molecule has 4 aromatic carbocycles. The van der Waals surface area contributed by atoms with Crippen molar-refractivity contribution in [1.29, 1.82) is 0 Å². The standard InChI is InChI=1S/C54H44N2OS/c1-2-11-39(12-3-1)56-48-17-7-4-13-42(48)43-31-27-38(33-50(43)56)37-23-21-35(22-24-37)36-25-28-40(29-26-36)55(41-30-32-46-45-15-6-9-20-52(45)58-53(46)34-41)49-18-10-16-47-44-14-5-8-19-51(44)57-54(47)49/h1-9,11-17,19-23,25,27-33,36-37,41,43,50H,10,18,24,26,34H2/t36?,37-,41?,43?,50?/m0/s1. The van der Waals surface area contributed by atoms with E-state index in [0.29, 0.717) is 17.8 Å². The van der Waals surface area contributed by atoms with E-state index in [-0.39, 0.29) is 12.1 Å². The topological polar surface area (TPSA) is 19.6 Å². The van der Waals surface area contributed by atoms with E-state index in [4.69, 9.17) is 4.42 Å². The van der Waals surface area contributed by atoms with Gasteiger partial charge in [-0.3, -0.25) is 0 Å². The molecule has 3 heterocycles. The van der Waals surface area contributed by atoms with Crippen molar-refractivity contribution in [1.82, 2.24) is 4.90 Å². The van der Waals surface area contributed by atoms with Crippen LogP contribution in [0.1, 0.15) is 47.6 Å². The Morgan fingerprint density at radius 1 is 0.672 bits per heavy atom. The Kier molecular flexibility index (Phi) is 8.08. The highest BCUT2D eigenvalue weighted by Crippen LogP contribution is 2.49. The minimum atomic E-state index is 0.207. The zero-order valence-corrected chi connectivity index (χ0v) is 33.2. The average molecular weight is 769 g/mol. The normalized spacial score (nSPS) is 24.1. The van der Waals surface area contributed by atoms with Gasteiger partial charge in [-0.25, -0.2) is 0 Å². The molecule has 4 unspecified atom stereocenters. The summed E-state index contributed by atoms with van der Waals surface area (Å²) in [6.45, 7) is 0. The third kappa shape index (κ3) is 5.53. The first kappa shape index (κ1) is 34.0. The zero-order chi connectivity index (χ0) is 38.2. The Bertz CT molecular complexity index is 2980. The maximum absolute atomic E-state index is 6.71. The summed E-state index contributed by atoms with van der Waals surface area (Å²) in [4.78, 5) is 6.64. The molecule has 0 radical (unpaired) electrons. The van der Waals surface area contributed by atoms with Gasteiger partial charge in [-0.2, -0.15) is 0 Å². The molecule has 0 N–H and O–H groups in total. The van der Waals surface area contributed by atoms with Crippen LogP contribution in [0.15, 0.2) is 185 Å². The highest BCUT2D eigenvalue weighted by molar-refractivity contribution is 7.19. The van der Waals surface area contributed by atoms with Gasteiger partial charge >= 0.3 is 0 Å². The number of anilines is 2. The Morgan fingerprint density at radius 2 is 1.45 bits per heavy atom. The molecule has 0 saturated heterocycles. The monoisotopic (exact) mass is 768 g/mol. The van der Waals surface area contributed by atoms with E-state index in [1.807, 2.05) is 11.3 Å². The first-order valence-electron chi connectivity index (χ1n) is 21.0. The van der Waals surface area contributed by atoms with Gasteiger partial charge in [0.1, 0.15) is 5.58 Å². The second-order valence-corrected chi connectivity index (χ2v) is 17.6. The van der Waals surface area contributed by atoms with Gasteiger partial charge in [-0.15, -0.1) is 11.3 Å². The molecule has 0 fully saturated rings. The van der Waals surface area contributed by atoms with Gasteiger partial charge in [0.05, 0.1) is 17.8 Å². The number of fused-ring (bicyclic) bond motifs is 9. The first-order valence-corrected chi connectivity index (χ1v) is 21.9. The molecule has 0 spiro atoms. The fourth-order valence-electron chi connectivity index (χ4n) is 10.5. The van der Waals surface area contributed by atoms with Crippen LogP contribution in [0.3, 0.4) is 0 Å². The van der Waals surface area contributed by atoms with E-state index >= 15 is 0 Å². The lowest BCUT2D eigenvalue weighted by Gasteiger charge is -2.37. The van der Waals surface area contributed by atoms with Crippen molar-refractivity contribution in [2.75, 3.05) is 4.90 Å². The van der Waals surface area contributed by atoms with Gasteiger partial charge in [-0.05, 0) is 89.8 Å². The second kappa shape index (κ2) is 13.8. The number of para-hydroxylation sites is 3. The number of hydrogen-bond donors (Lipinski definition) is 0. The van der Waals surface area contributed by atoms with Crippen molar-refractivity contribution in [3.8, 4) is 0 Å². The SMILES string of the molecule is C1=C[C@H](C2=CC3C(C=C2)c2ccccc2N3c2ccccc2)CC=C1C1C=CC(N(C2=c3oc4ccccc4c3=CCC2)C2C=Cc3c(sc4ccccc34)C2)=CC1. The summed E-state index contributed by atoms with van der Waals surface area (Å²) in [5.74, 6) is 1.11. The van der Waals surface area contributed by atoms with Crippen molar-refractivity contribution in [2.45, 2.75) is 50.1 Å². The Balaban J connectivity index is 0.824. The van der Waals surface area contributed by atoms with E-state index in [9.17, 15) is 0 Å². The molecule has 5 atom stereocenters. The molecule has 5 aliphatic carbocycles. The van der Waals surface area contributed by atoms with Crippen LogP contribution in [-0.2, 0) is 6.42 Å². The van der Waals surface area contributed by atoms with Gasteiger partial charge in [0.15, 0.2) is 5.42 Å². The molecule has 6 aliphatic rings. The minimum Gasteiger partial charge on any atom is -0.454 e. The summed E-state index contributed by atoms with van der Waals surface area (Å²) in [6, 6.07) is 37.7. The molecular formula is C54H44N2OS. The van der Waals surface area contributed by atoms with E-state index in [1.54, 1.807) is 0 Å². The summed E-state index contributed by atoms with van der Waals surface area (Å²) >= 11 is 1.95. The first-order chi connectivity index (χ1) is 28.7. The van der Waals surface area contributed by atoms with Crippen LogP contribution in [0.5, 0.6) is 0 Å². The van der Waals surface area contributed by atoms with Crippen molar-refractivity contribution >= 4 is 61.6 Å². The fraction of sp³-hybridized carbons (Fsp3) is 0.185. The van der Waals surface area contributed by atoms with E-state index < -0.39 is 0 Å². The maximum Gasteiger partial charge on any atom is 0.154 e. The van der Waals surface area contributed by atoms with Crippen LogP contribution in [0.25, 0.3) is 38.9 Å². The molecule has 12 rings (SSSR count). The van der Waals surface area contributed by atoms with Gasteiger partial charge in [-0.1, -0.05) is 140 Å². The van der Waals surface area contributed by atoms with Crippen LogP contribution < -0.4 is 15.5 Å². The molecule has 0 saturated carbocycles. The van der Waals surface area contributed by atoms with E-state index in [2.05, 4.69) is 186 Å². The molecule has 4 heteroatoms. The summed E-state index contributed by atoms with van der Waals surface area (Å²) < 4.78 is 8.09. The zero-order valence-electron chi connectivity index (χ0n) is 32.4. The van der Waals surface area contributed by atoms with Gasteiger partial charge < -0.3 is 14.2 Å². The summed E-state index contributed by atoms with van der Waals surface area (Å²) in [5.41, 5.74) is 12.8. The molecule has 282 valence electrons. The molecule has 3 nitrogen and oxygen atoms in total. The third-order valence-corrected chi connectivity index (χ3v) is 14.5. The van der Waals surface area contributed by atoms with Crippen LogP contribution in [-0.4, -0.2) is 17.0 Å². The molecule has 58 heavy (non-hydrogen) atoms. The fourth-order valence-corrected chi connectivity index (χ4v) is 11.8. The lowest BCUT2D eigenvalue weighted by Crippen LogP contribution is -2.41. The summed E-state index contributed by atoms with van der Waals surface area (Å²) in [5, 5.41) is 3.83. The highest BCUT2D eigenvalue weighted by Gasteiger charge is 2.39. The number of thiophene rings is 1. The van der Waals surface area contributed by atoms with Crippen molar-refractivity contribution < 1.29 is 4.42 Å². The summed E-state index contributed by atoms with van der Waals surface area (Å²) in [6.07, 6.45) is 34.3. The Labute approximate surface area is 343 Å². The van der Waals surface area contributed by atoms with E-state index in [1.165, 1.54) is 70.6 Å². The lowest BCUT2D eigenvalue weighted by atomic mass is 9.80. The number of furan rings is 1. The molecule has 1 aliphatic heterocycles. The smallest absolute Gasteiger partial charge is 0.154 e. The largest absolute Gasteiger partial charge is 0.454 e. The average Bonchev–Trinajstić information content (AvgIpc) is 3.97. The minimum absolute atomic E-state index is 0.207. The highest BCUT2D eigenvalue weighted by atomic mass is 32.1. The maximum atomic E-state index is 6.71. The molecule has 0 amide bonds. The van der Waals surface area contributed by atoms with Gasteiger partial charge in [0.2, 0.25) is 0 Å². The number of hydrogen-bond acceptors (Lipinski definition) is 4. The van der Waals surface area contributed by atoms with Gasteiger partial charge in [0, 0.05) is 61.4 Å². The third-order valence-electron chi connectivity index (χ3n) is 13.3. The lowest BCUT2D eigenvalue weighted by molar-refractivity contribution is 0.391. The Morgan fingerprint density at radius 3 is 2.33 bits per heavy atom. The molecular weight excluding hydrogens is 725 g/mol. The number of allylic oxidation sites excluding steroid dienone is 9. The molecule has 2 aromatic heterocycles. The second-order valence-electron chi connectivity index (χ2n) is 16.5. The number of rotatable bonds is 6. The van der Waals surface area contributed by atoms with Gasteiger partial charge in [0.25, 0.3) is 0 Å². The van der Waals surface area contributed by atoms with Crippen LogP contribution in [0.2, 0.25) is 0 Å². The molecule has 6 aromatic rings. The predicted octanol–water partition coefficient (Wildman–Crippen LogP) is 12.0. The quantitative estimate of drug-likeness (QED) is 0.168. The van der Waals surface area contributed by atoms with Crippen LogP contribution >= 0.6 is 11.3 Å². The predicted molar refractivity (Wildman–Crippen MR) is 242 cm³/mol. The van der Waals surface area contributed by atoms with E-state index in [0.717, 1.165) is 43.1 Å². The van der Waals surface area contributed by atoms with Crippen LogP contribution in [0, 0.1) is 11.8 Å². The number of nitrogens with zero attached hydrogens (tertiary/aromatic N) is 2. The van der Waals surface area contributed by atoms with Crippen LogP contribution in [0.4, 0.5) is 11.4 Å².